The Morgan fingerprint density at radius 3 is 2.42 bits per heavy atom. The van der Waals surface area contributed by atoms with Crippen LogP contribution in [0.3, 0.4) is 0 Å². The number of hydrogen-bond donors (Lipinski definition) is 2. The number of halogens is 1. The molecule has 2 aliphatic rings. The van der Waals surface area contributed by atoms with Crippen molar-refractivity contribution < 1.29 is 4.79 Å². The van der Waals surface area contributed by atoms with Crippen LogP contribution in [0.5, 0.6) is 0 Å². The smallest absolute Gasteiger partial charge is 0.241 e. The predicted molar refractivity (Wildman–Crippen MR) is 101 cm³/mol. The van der Waals surface area contributed by atoms with Gasteiger partial charge < -0.3 is 15.5 Å². The average Bonchev–Trinajstić information content (AvgIpc) is 3.12. The van der Waals surface area contributed by atoms with Gasteiger partial charge in [-0.1, -0.05) is 19.1 Å². The van der Waals surface area contributed by atoms with Gasteiger partial charge >= 0.3 is 0 Å². The fourth-order valence-corrected chi connectivity index (χ4v) is 3.35. The molecule has 0 aromatic heterocycles. The van der Waals surface area contributed by atoms with Crippen LogP contribution in [0.4, 0.5) is 5.69 Å². The molecule has 3 rings (SSSR count). The van der Waals surface area contributed by atoms with Crippen LogP contribution in [0.2, 0.25) is 0 Å². The standard InChI is InChI=1S/C18H28N4O.ClH/c1-2-21-10-12-22(13-11-21)14-15-5-7-16(8-6-15)20-18(23)17-4-3-9-19-17;/h5-8,17,19H,2-4,9-14H2,1H3,(H,20,23);1H/t17-;/m0./s1. The zero-order valence-electron chi connectivity index (χ0n) is 14.5. The lowest BCUT2D eigenvalue weighted by Gasteiger charge is -2.34. The number of benzene rings is 1. The monoisotopic (exact) mass is 352 g/mol. The molecule has 2 heterocycles. The van der Waals surface area contributed by atoms with Gasteiger partial charge in [-0.25, -0.2) is 0 Å². The van der Waals surface area contributed by atoms with Crippen LogP contribution in [0.1, 0.15) is 25.3 Å². The third-order valence-electron chi connectivity index (χ3n) is 4.92. The van der Waals surface area contributed by atoms with Crippen molar-refractivity contribution >= 4 is 24.0 Å². The molecule has 24 heavy (non-hydrogen) atoms. The van der Waals surface area contributed by atoms with Crippen molar-refractivity contribution in [1.82, 2.24) is 15.1 Å². The van der Waals surface area contributed by atoms with E-state index < -0.39 is 0 Å². The van der Waals surface area contributed by atoms with Crippen LogP contribution < -0.4 is 10.6 Å². The Labute approximate surface area is 151 Å². The van der Waals surface area contributed by atoms with E-state index in [9.17, 15) is 4.79 Å². The van der Waals surface area contributed by atoms with Gasteiger partial charge in [-0.3, -0.25) is 9.69 Å². The van der Waals surface area contributed by atoms with Crippen LogP contribution in [-0.2, 0) is 11.3 Å². The number of amides is 1. The van der Waals surface area contributed by atoms with Gasteiger partial charge in [0.15, 0.2) is 0 Å². The SMILES string of the molecule is CCN1CCN(Cc2ccc(NC(=O)[C@@H]3CCCN3)cc2)CC1.Cl. The first-order valence-electron chi connectivity index (χ1n) is 8.82. The fourth-order valence-electron chi connectivity index (χ4n) is 3.35. The van der Waals surface area contributed by atoms with Crippen molar-refractivity contribution in [3.63, 3.8) is 0 Å². The molecule has 1 amide bonds. The van der Waals surface area contributed by atoms with Crippen molar-refractivity contribution in [1.29, 1.82) is 0 Å². The summed E-state index contributed by atoms with van der Waals surface area (Å²) in [6.45, 7) is 9.93. The van der Waals surface area contributed by atoms with Gasteiger partial charge in [0.25, 0.3) is 0 Å². The second-order valence-electron chi connectivity index (χ2n) is 6.55. The van der Waals surface area contributed by atoms with Crippen LogP contribution >= 0.6 is 12.4 Å². The summed E-state index contributed by atoms with van der Waals surface area (Å²) in [4.78, 5) is 17.1. The summed E-state index contributed by atoms with van der Waals surface area (Å²) in [5.74, 6) is 0.0888. The molecular formula is C18H29ClN4O. The summed E-state index contributed by atoms with van der Waals surface area (Å²) in [6.07, 6.45) is 2.02. The molecule has 0 unspecified atom stereocenters. The maximum absolute atomic E-state index is 12.1. The van der Waals surface area contributed by atoms with E-state index in [2.05, 4.69) is 39.5 Å². The number of nitrogens with zero attached hydrogens (tertiary/aromatic N) is 2. The number of rotatable bonds is 5. The van der Waals surface area contributed by atoms with Gasteiger partial charge in [-0.05, 0) is 43.6 Å². The first-order valence-corrected chi connectivity index (χ1v) is 8.82. The van der Waals surface area contributed by atoms with Crippen molar-refractivity contribution in [2.24, 2.45) is 0 Å². The third-order valence-corrected chi connectivity index (χ3v) is 4.92. The molecule has 1 aromatic rings. The molecule has 1 atom stereocenters. The maximum atomic E-state index is 12.1. The van der Waals surface area contributed by atoms with E-state index in [0.717, 1.165) is 51.3 Å². The Bertz CT molecular complexity index is 508. The molecular weight excluding hydrogens is 324 g/mol. The molecule has 5 nitrogen and oxygen atoms in total. The summed E-state index contributed by atoms with van der Waals surface area (Å²) in [5.41, 5.74) is 2.20. The maximum Gasteiger partial charge on any atom is 0.241 e. The summed E-state index contributed by atoms with van der Waals surface area (Å²) < 4.78 is 0. The normalized spacial score (nSPS) is 22.1. The number of nitrogens with one attached hydrogen (secondary N) is 2. The number of likely N-dealkylation sites (N-methyl/N-ethyl adjacent to an activating group) is 1. The number of hydrogen-bond acceptors (Lipinski definition) is 4. The number of piperazine rings is 1. The van der Waals surface area contributed by atoms with E-state index in [1.165, 1.54) is 18.7 Å². The third kappa shape index (κ3) is 5.18. The van der Waals surface area contributed by atoms with E-state index >= 15 is 0 Å². The molecule has 2 aliphatic heterocycles. The van der Waals surface area contributed by atoms with Crippen LogP contribution in [0.15, 0.2) is 24.3 Å². The van der Waals surface area contributed by atoms with Crippen LogP contribution in [-0.4, -0.2) is 61.0 Å². The summed E-state index contributed by atoms with van der Waals surface area (Å²) in [6, 6.07) is 8.27. The Morgan fingerprint density at radius 2 is 1.83 bits per heavy atom. The molecule has 0 radical (unpaired) electrons. The van der Waals surface area contributed by atoms with Crippen molar-refractivity contribution in [2.75, 3.05) is 44.6 Å². The molecule has 0 spiro atoms. The largest absolute Gasteiger partial charge is 0.325 e. The first kappa shape index (κ1) is 19.2. The molecule has 2 saturated heterocycles. The summed E-state index contributed by atoms with van der Waals surface area (Å²) >= 11 is 0. The molecule has 6 heteroatoms. The average molecular weight is 353 g/mol. The second-order valence-corrected chi connectivity index (χ2v) is 6.55. The lowest BCUT2D eigenvalue weighted by molar-refractivity contribution is -0.117. The highest BCUT2D eigenvalue weighted by molar-refractivity contribution is 5.95. The highest BCUT2D eigenvalue weighted by atomic mass is 35.5. The minimum atomic E-state index is -0.0236. The van der Waals surface area contributed by atoms with Crippen LogP contribution in [0.25, 0.3) is 0 Å². The zero-order chi connectivity index (χ0) is 16.1. The molecule has 1 aromatic carbocycles. The first-order chi connectivity index (χ1) is 11.2. The number of carbonyl (C=O) groups is 1. The lowest BCUT2D eigenvalue weighted by Crippen LogP contribution is -2.45. The Morgan fingerprint density at radius 1 is 1.17 bits per heavy atom. The van der Waals surface area contributed by atoms with Crippen molar-refractivity contribution in [2.45, 2.75) is 32.4 Å². The molecule has 0 bridgehead atoms. The van der Waals surface area contributed by atoms with Crippen molar-refractivity contribution in [3.8, 4) is 0 Å². The predicted octanol–water partition coefficient (Wildman–Crippen LogP) is 1.94. The minimum Gasteiger partial charge on any atom is -0.325 e. The molecule has 2 fully saturated rings. The van der Waals surface area contributed by atoms with Gasteiger partial charge in [-0.2, -0.15) is 0 Å². The number of carbonyl (C=O) groups excluding carboxylic acids is 1. The molecule has 0 saturated carbocycles. The Kier molecular flexibility index (Phi) is 7.49. The Balaban J connectivity index is 0.00000208. The minimum absolute atomic E-state index is 0. The molecule has 134 valence electrons. The fraction of sp³-hybridized carbons (Fsp3) is 0.611. The quantitative estimate of drug-likeness (QED) is 0.850. The van der Waals surface area contributed by atoms with Gasteiger partial charge in [0, 0.05) is 38.4 Å². The Hall–Kier alpha value is -1.14. The number of anilines is 1. The van der Waals surface area contributed by atoms with Gasteiger partial charge in [-0.15, -0.1) is 12.4 Å². The summed E-state index contributed by atoms with van der Waals surface area (Å²) in [7, 11) is 0. The highest BCUT2D eigenvalue weighted by Crippen LogP contribution is 2.14. The summed E-state index contributed by atoms with van der Waals surface area (Å²) in [5, 5.41) is 6.23. The van der Waals surface area contributed by atoms with E-state index in [-0.39, 0.29) is 24.4 Å². The molecule has 0 aliphatic carbocycles. The van der Waals surface area contributed by atoms with E-state index in [4.69, 9.17) is 0 Å². The van der Waals surface area contributed by atoms with E-state index in [1.807, 2.05) is 12.1 Å². The van der Waals surface area contributed by atoms with E-state index in [0.29, 0.717) is 0 Å². The topological polar surface area (TPSA) is 47.6 Å². The molecule has 2 N–H and O–H groups in total. The highest BCUT2D eigenvalue weighted by Gasteiger charge is 2.21. The van der Waals surface area contributed by atoms with Gasteiger partial charge in [0.1, 0.15) is 0 Å². The zero-order valence-corrected chi connectivity index (χ0v) is 15.3. The van der Waals surface area contributed by atoms with Crippen molar-refractivity contribution in [3.05, 3.63) is 29.8 Å². The second kappa shape index (κ2) is 9.37. The lowest BCUT2D eigenvalue weighted by atomic mass is 10.1. The van der Waals surface area contributed by atoms with Gasteiger partial charge in [0.05, 0.1) is 6.04 Å². The van der Waals surface area contributed by atoms with Crippen LogP contribution in [0, 0.1) is 0 Å². The van der Waals surface area contributed by atoms with Gasteiger partial charge in [0.2, 0.25) is 5.91 Å². The van der Waals surface area contributed by atoms with E-state index in [1.54, 1.807) is 0 Å².